The maximum atomic E-state index is 12.4. The van der Waals surface area contributed by atoms with Crippen LogP contribution in [0.15, 0.2) is 24.3 Å². The smallest absolute Gasteiger partial charge is 0.249 e. The molecule has 1 amide bonds. The monoisotopic (exact) mass is 372 g/mol. The van der Waals surface area contributed by atoms with Crippen molar-refractivity contribution in [3.63, 3.8) is 0 Å². The van der Waals surface area contributed by atoms with Crippen molar-refractivity contribution < 1.29 is 14.3 Å². The van der Waals surface area contributed by atoms with Gasteiger partial charge in [-0.15, -0.1) is 0 Å². The van der Waals surface area contributed by atoms with Gasteiger partial charge in [-0.25, -0.2) is 0 Å². The Morgan fingerprint density at radius 3 is 2.70 bits per heavy atom. The van der Waals surface area contributed by atoms with Crippen molar-refractivity contribution in [2.45, 2.75) is 57.3 Å². The number of likely N-dealkylation sites (tertiary alicyclic amines) is 1. The van der Waals surface area contributed by atoms with Gasteiger partial charge in [-0.2, -0.15) is 0 Å². The Hall–Kier alpha value is -1.59. The van der Waals surface area contributed by atoms with E-state index in [-0.39, 0.29) is 17.6 Å². The van der Waals surface area contributed by atoms with Crippen LogP contribution in [0, 0.1) is 11.8 Å². The van der Waals surface area contributed by atoms with E-state index in [0.29, 0.717) is 11.8 Å². The summed E-state index contributed by atoms with van der Waals surface area (Å²) in [5.74, 6) is 2.15. The first kappa shape index (κ1) is 18.8. The lowest BCUT2D eigenvalue weighted by Crippen LogP contribution is -2.51. The van der Waals surface area contributed by atoms with Gasteiger partial charge in [0, 0.05) is 26.2 Å². The van der Waals surface area contributed by atoms with E-state index in [2.05, 4.69) is 29.3 Å². The third-order valence-electron chi connectivity index (χ3n) is 6.61. The van der Waals surface area contributed by atoms with Gasteiger partial charge in [0.2, 0.25) is 5.91 Å². The van der Waals surface area contributed by atoms with Gasteiger partial charge in [0.25, 0.3) is 0 Å². The SMILES string of the molecule is COc1ccc(CN2CC[C@@]3(CCC(C(=O)NCC4CC4)O3)[C@H](C)C2)cc1. The Kier molecular flexibility index (Phi) is 5.42. The molecule has 1 saturated carbocycles. The number of ether oxygens (including phenoxy) is 2. The molecular formula is C22H32N2O3. The number of benzene rings is 1. The molecular weight excluding hydrogens is 340 g/mol. The lowest BCUT2D eigenvalue weighted by molar-refractivity contribution is -0.147. The molecule has 0 aromatic heterocycles. The average Bonchev–Trinajstić information content (AvgIpc) is 3.41. The van der Waals surface area contributed by atoms with Crippen LogP contribution in [0.25, 0.3) is 0 Å². The van der Waals surface area contributed by atoms with Crippen LogP contribution in [0.4, 0.5) is 0 Å². The third-order valence-corrected chi connectivity index (χ3v) is 6.61. The average molecular weight is 373 g/mol. The van der Waals surface area contributed by atoms with Crippen LogP contribution in [0.1, 0.15) is 44.6 Å². The molecule has 0 radical (unpaired) electrons. The minimum Gasteiger partial charge on any atom is -0.497 e. The maximum absolute atomic E-state index is 12.4. The fourth-order valence-corrected chi connectivity index (χ4v) is 4.56. The van der Waals surface area contributed by atoms with Gasteiger partial charge in [-0.05, 0) is 61.6 Å². The summed E-state index contributed by atoms with van der Waals surface area (Å²) in [4.78, 5) is 14.9. The number of methoxy groups -OCH3 is 1. The van der Waals surface area contributed by atoms with E-state index in [9.17, 15) is 4.79 Å². The Labute approximate surface area is 162 Å². The highest BCUT2D eigenvalue weighted by molar-refractivity contribution is 5.81. The number of carbonyl (C=O) groups excluding carboxylic acids is 1. The largest absolute Gasteiger partial charge is 0.497 e. The number of nitrogens with zero attached hydrogens (tertiary/aromatic N) is 1. The molecule has 5 heteroatoms. The molecule has 4 rings (SSSR count). The van der Waals surface area contributed by atoms with E-state index in [4.69, 9.17) is 9.47 Å². The predicted molar refractivity (Wildman–Crippen MR) is 105 cm³/mol. The lowest BCUT2D eigenvalue weighted by atomic mass is 9.80. The standard InChI is InChI=1S/C22H32N2O3/c1-16-14-24(15-18-5-7-19(26-2)8-6-18)12-11-22(16)10-9-20(27-22)21(25)23-13-17-3-4-17/h5-8,16-17,20H,3-4,9-15H2,1-2H3,(H,23,25)/t16-,20?,22+/m1/s1. The van der Waals surface area contributed by atoms with Gasteiger partial charge < -0.3 is 14.8 Å². The number of hydrogen-bond donors (Lipinski definition) is 1. The quantitative estimate of drug-likeness (QED) is 0.834. The molecule has 148 valence electrons. The van der Waals surface area contributed by atoms with E-state index in [0.717, 1.165) is 51.2 Å². The molecule has 2 aliphatic heterocycles. The number of rotatable bonds is 6. The summed E-state index contributed by atoms with van der Waals surface area (Å²) in [6.07, 6.45) is 5.15. The van der Waals surface area contributed by atoms with E-state index >= 15 is 0 Å². The third kappa shape index (κ3) is 4.30. The summed E-state index contributed by atoms with van der Waals surface area (Å²) in [7, 11) is 1.70. The second-order valence-electron chi connectivity index (χ2n) is 8.63. The molecule has 5 nitrogen and oxygen atoms in total. The topological polar surface area (TPSA) is 50.8 Å². The van der Waals surface area contributed by atoms with Crippen molar-refractivity contribution >= 4 is 5.91 Å². The van der Waals surface area contributed by atoms with Crippen LogP contribution in [0.5, 0.6) is 5.75 Å². The summed E-state index contributed by atoms with van der Waals surface area (Å²) in [5, 5.41) is 3.09. The zero-order valence-corrected chi connectivity index (χ0v) is 16.6. The summed E-state index contributed by atoms with van der Waals surface area (Å²) >= 11 is 0. The molecule has 2 saturated heterocycles. The molecule has 1 aliphatic carbocycles. The van der Waals surface area contributed by atoms with Gasteiger partial charge in [0.1, 0.15) is 11.9 Å². The van der Waals surface area contributed by atoms with Crippen molar-refractivity contribution in [2.75, 3.05) is 26.7 Å². The second kappa shape index (κ2) is 7.80. The van der Waals surface area contributed by atoms with Crippen molar-refractivity contribution in [3.05, 3.63) is 29.8 Å². The van der Waals surface area contributed by atoms with Crippen molar-refractivity contribution in [1.82, 2.24) is 10.2 Å². The molecule has 3 aliphatic rings. The minimum atomic E-state index is -0.251. The minimum absolute atomic E-state index is 0.103. The first-order valence-corrected chi connectivity index (χ1v) is 10.4. The fourth-order valence-electron chi connectivity index (χ4n) is 4.56. The normalized spacial score (nSPS) is 31.2. The number of hydrogen-bond acceptors (Lipinski definition) is 4. The first-order valence-electron chi connectivity index (χ1n) is 10.4. The van der Waals surface area contributed by atoms with E-state index < -0.39 is 0 Å². The number of nitrogens with one attached hydrogen (secondary N) is 1. The summed E-state index contributed by atoms with van der Waals surface area (Å²) in [6.45, 7) is 6.10. The lowest BCUT2D eigenvalue weighted by Gasteiger charge is -2.44. The molecule has 1 aromatic carbocycles. The molecule has 2 heterocycles. The van der Waals surface area contributed by atoms with E-state index in [1.807, 2.05) is 12.1 Å². The number of carbonyl (C=O) groups is 1. The molecule has 3 fully saturated rings. The fraction of sp³-hybridized carbons (Fsp3) is 0.682. The van der Waals surface area contributed by atoms with Crippen molar-refractivity contribution in [2.24, 2.45) is 11.8 Å². The summed E-state index contributed by atoms with van der Waals surface area (Å²) < 4.78 is 11.6. The zero-order chi connectivity index (χ0) is 18.9. The van der Waals surface area contributed by atoms with Crippen molar-refractivity contribution in [3.8, 4) is 5.75 Å². The van der Waals surface area contributed by atoms with Gasteiger partial charge in [0.15, 0.2) is 0 Å². The van der Waals surface area contributed by atoms with Crippen LogP contribution in [0.2, 0.25) is 0 Å². The summed E-state index contributed by atoms with van der Waals surface area (Å²) in [5.41, 5.74) is 1.20. The van der Waals surface area contributed by atoms with Gasteiger partial charge in [-0.3, -0.25) is 9.69 Å². The molecule has 1 unspecified atom stereocenters. The van der Waals surface area contributed by atoms with Crippen molar-refractivity contribution in [1.29, 1.82) is 0 Å². The molecule has 1 N–H and O–H groups in total. The Balaban J connectivity index is 1.29. The Morgan fingerprint density at radius 2 is 2.04 bits per heavy atom. The second-order valence-corrected chi connectivity index (χ2v) is 8.63. The van der Waals surface area contributed by atoms with Gasteiger partial charge in [0.05, 0.1) is 12.7 Å². The number of piperidine rings is 1. The predicted octanol–water partition coefficient (Wildman–Crippen LogP) is 2.98. The molecule has 3 atom stereocenters. The van der Waals surface area contributed by atoms with Crippen LogP contribution in [0.3, 0.4) is 0 Å². The summed E-state index contributed by atoms with van der Waals surface area (Å²) in [6, 6.07) is 8.32. The number of amides is 1. The molecule has 1 spiro atoms. The Bertz CT molecular complexity index is 658. The van der Waals surface area contributed by atoms with E-state index in [1.165, 1.54) is 18.4 Å². The molecule has 1 aromatic rings. The van der Waals surface area contributed by atoms with Gasteiger partial charge >= 0.3 is 0 Å². The first-order chi connectivity index (χ1) is 13.1. The van der Waals surface area contributed by atoms with Crippen LogP contribution >= 0.6 is 0 Å². The maximum Gasteiger partial charge on any atom is 0.249 e. The highest BCUT2D eigenvalue weighted by Gasteiger charge is 2.48. The highest BCUT2D eigenvalue weighted by atomic mass is 16.5. The molecule has 27 heavy (non-hydrogen) atoms. The zero-order valence-electron chi connectivity index (χ0n) is 16.6. The van der Waals surface area contributed by atoms with Crippen LogP contribution in [-0.4, -0.2) is 49.3 Å². The van der Waals surface area contributed by atoms with Crippen LogP contribution in [-0.2, 0) is 16.1 Å². The highest BCUT2D eigenvalue weighted by Crippen LogP contribution is 2.42. The Morgan fingerprint density at radius 1 is 1.26 bits per heavy atom. The molecule has 0 bridgehead atoms. The van der Waals surface area contributed by atoms with Gasteiger partial charge in [-0.1, -0.05) is 19.1 Å². The van der Waals surface area contributed by atoms with E-state index in [1.54, 1.807) is 7.11 Å². The van der Waals surface area contributed by atoms with Crippen LogP contribution < -0.4 is 10.1 Å².